The number of nitrogens with one attached hydrogen (secondary N) is 1. The van der Waals surface area contributed by atoms with Crippen LogP contribution >= 0.6 is 0 Å². The summed E-state index contributed by atoms with van der Waals surface area (Å²) < 4.78 is 35.6. The quantitative estimate of drug-likeness (QED) is 0.861. The minimum Gasteiger partial charge on any atom is -0.508 e. The average Bonchev–Trinajstić information content (AvgIpc) is 2.20. The molecule has 0 heterocycles. The SMILES string of the molecule is Cc1c(O)cccc1C(=O)NCCC(F)(F)F. The van der Waals surface area contributed by atoms with Gasteiger partial charge in [-0.25, -0.2) is 0 Å². The molecule has 0 aliphatic carbocycles. The van der Waals surface area contributed by atoms with E-state index in [1.165, 1.54) is 25.1 Å². The van der Waals surface area contributed by atoms with Crippen molar-refractivity contribution in [3.8, 4) is 5.75 Å². The molecule has 0 saturated carbocycles. The summed E-state index contributed by atoms with van der Waals surface area (Å²) in [6, 6.07) is 4.31. The van der Waals surface area contributed by atoms with E-state index in [0.717, 1.165) is 0 Å². The van der Waals surface area contributed by atoms with E-state index in [2.05, 4.69) is 5.32 Å². The van der Waals surface area contributed by atoms with Gasteiger partial charge < -0.3 is 10.4 Å². The molecule has 6 heteroatoms. The highest BCUT2D eigenvalue weighted by molar-refractivity contribution is 5.96. The molecule has 3 nitrogen and oxygen atoms in total. The Kier molecular flexibility index (Phi) is 3.98. The smallest absolute Gasteiger partial charge is 0.390 e. The van der Waals surface area contributed by atoms with Gasteiger partial charge in [0.25, 0.3) is 5.91 Å². The van der Waals surface area contributed by atoms with Crippen LogP contribution in [0.3, 0.4) is 0 Å². The molecule has 94 valence electrons. The van der Waals surface area contributed by atoms with Crippen molar-refractivity contribution in [2.24, 2.45) is 0 Å². The molecule has 0 fully saturated rings. The number of alkyl halides is 3. The van der Waals surface area contributed by atoms with Crippen molar-refractivity contribution in [1.82, 2.24) is 5.32 Å². The van der Waals surface area contributed by atoms with Crippen LogP contribution in [0.15, 0.2) is 18.2 Å². The lowest BCUT2D eigenvalue weighted by Gasteiger charge is -2.10. The number of benzene rings is 1. The van der Waals surface area contributed by atoms with Crippen LogP contribution in [0.1, 0.15) is 22.3 Å². The van der Waals surface area contributed by atoms with Gasteiger partial charge in [0.15, 0.2) is 0 Å². The molecule has 2 N–H and O–H groups in total. The second-order valence-corrected chi connectivity index (χ2v) is 3.57. The normalized spacial score (nSPS) is 11.3. The van der Waals surface area contributed by atoms with Gasteiger partial charge >= 0.3 is 6.18 Å². The topological polar surface area (TPSA) is 49.3 Å². The molecule has 1 aromatic rings. The summed E-state index contributed by atoms with van der Waals surface area (Å²) in [6.45, 7) is 1.05. The number of hydrogen-bond donors (Lipinski definition) is 2. The Morgan fingerprint density at radius 3 is 2.65 bits per heavy atom. The first-order valence-electron chi connectivity index (χ1n) is 4.95. The number of carbonyl (C=O) groups is 1. The fourth-order valence-corrected chi connectivity index (χ4v) is 1.28. The van der Waals surface area contributed by atoms with Crippen molar-refractivity contribution < 1.29 is 23.1 Å². The summed E-state index contributed by atoms with van der Waals surface area (Å²) in [5, 5.41) is 11.5. The van der Waals surface area contributed by atoms with Crippen LogP contribution in [0.5, 0.6) is 5.75 Å². The molecule has 1 aromatic carbocycles. The number of rotatable bonds is 3. The number of carbonyl (C=O) groups excluding carboxylic acids is 1. The molecule has 0 unspecified atom stereocenters. The largest absolute Gasteiger partial charge is 0.508 e. The Balaban J connectivity index is 2.62. The number of phenolic OH excluding ortho intramolecular Hbond substituents is 1. The molecule has 1 amide bonds. The van der Waals surface area contributed by atoms with Crippen molar-refractivity contribution in [2.45, 2.75) is 19.5 Å². The second kappa shape index (κ2) is 5.07. The number of amides is 1. The Morgan fingerprint density at radius 1 is 1.41 bits per heavy atom. The molecule has 0 aliphatic rings. The first-order valence-corrected chi connectivity index (χ1v) is 4.95. The summed E-state index contributed by atoms with van der Waals surface area (Å²) in [4.78, 5) is 11.5. The van der Waals surface area contributed by atoms with Gasteiger partial charge in [-0.3, -0.25) is 4.79 Å². The van der Waals surface area contributed by atoms with Crippen LogP contribution in [-0.4, -0.2) is 23.7 Å². The monoisotopic (exact) mass is 247 g/mol. The zero-order chi connectivity index (χ0) is 13.1. The van der Waals surface area contributed by atoms with Gasteiger partial charge in [-0.2, -0.15) is 13.2 Å². The molecule has 0 atom stereocenters. The second-order valence-electron chi connectivity index (χ2n) is 3.57. The first-order chi connectivity index (χ1) is 7.81. The lowest BCUT2D eigenvalue weighted by atomic mass is 10.1. The predicted octanol–water partition coefficient (Wildman–Crippen LogP) is 2.38. The van der Waals surface area contributed by atoms with E-state index < -0.39 is 25.0 Å². The maximum absolute atomic E-state index is 11.9. The highest BCUT2D eigenvalue weighted by atomic mass is 19.4. The first kappa shape index (κ1) is 13.3. The minimum atomic E-state index is -4.29. The van der Waals surface area contributed by atoms with Gasteiger partial charge in [-0.15, -0.1) is 0 Å². The minimum absolute atomic E-state index is 0.0616. The van der Waals surface area contributed by atoms with E-state index in [1.54, 1.807) is 0 Å². The van der Waals surface area contributed by atoms with Gasteiger partial charge in [0.1, 0.15) is 5.75 Å². The Labute approximate surface area is 96.3 Å². The van der Waals surface area contributed by atoms with Crippen LogP contribution in [0.2, 0.25) is 0 Å². The molecular weight excluding hydrogens is 235 g/mol. The van der Waals surface area contributed by atoms with Crippen molar-refractivity contribution >= 4 is 5.91 Å². The number of phenols is 1. The predicted molar refractivity (Wildman–Crippen MR) is 55.8 cm³/mol. The van der Waals surface area contributed by atoms with Crippen molar-refractivity contribution in [3.05, 3.63) is 29.3 Å². The summed E-state index contributed by atoms with van der Waals surface area (Å²) in [5.41, 5.74) is 0.518. The number of halogens is 3. The van der Waals surface area contributed by atoms with Crippen LogP contribution in [0.4, 0.5) is 13.2 Å². The Hall–Kier alpha value is -1.72. The third-order valence-electron chi connectivity index (χ3n) is 2.24. The van der Waals surface area contributed by atoms with Crippen LogP contribution in [0.25, 0.3) is 0 Å². The fraction of sp³-hybridized carbons (Fsp3) is 0.364. The zero-order valence-corrected chi connectivity index (χ0v) is 9.14. The maximum Gasteiger partial charge on any atom is 0.390 e. The summed E-state index contributed by atoms with van der Waals surface area (Å²) in [5.74, 6) is -0.684. The van der Waals surface area contributed by atoms with Crippen molar-refractivity contribution in [1.29, 1.82) is 0 Å². The van der Waals surface area contributed by atoms with E-state index in [0.29, 0.717) is 5.56 Å². The van der Waals surface area contributed by atoms with Gasteiger partial charge in [0, 0.05) is 17.7 Å². The third kappa shape index (κ3) is 3.97. The lowest BCUT2D eigenvalue weighted by molar-refractivity contribution is -0.132. The molecule has 1 rings (SSSR count). The maximum atomic E-state index is 11.9. The Bertz CT molecular complexity index is 416. The summed E-state index contributed by atoms with van der Waals surface area (Å²) >= 11 is 0. The summed E-state index contributed by atoms with van der Waals surface area (Å²) in [6.07, 6.45) is -5.36. The highest BCUT2D eigenvalue weighted by Gasteiger charge is 2.26. The molecule has 17 heavy (non-hydrogen) atoms. The van der Waals surface area contributed by atoms with E-state index in [9.17, 15) is 23.1 Å². The van der Waals surface area contributed by atoms with E-state index in [-0.39, 0.29) is 11.3 Å². The van der Waals surface area contributed by atoms with E-state index in [4.69, 9.17) is 0 Å². The summed E-state index contributed by atoms with van der Waals surface area (Å²) in [7, 11) is 0. The number of aromatic hydroxyl groups is 1. The van der Waals surface area contributed by atoms with E-state index >= 15 is 0 Å². The lowest BCUT2D eigenvalue weighted by Crippen LogP contribution is -2.28. The highest BCUT2D eigenvalue weighted by Crippen LogP contribution is 2.20. The standard InChI is InChI=1S/C11H12F3NO2/c1-7-8(3-2-4-9(7)16)10(17)15-6-5-11(12,13)14/h2-4,16H,5-6H2,1H3,(H,15,17). The average molecular weight is 247 g/mol. The van der Waals surface area contributed by atoms with Crippen molar-refractivity contribution in [2.75, 3.05) is 6.54 Å². The molecule has 0 aliphatic heterocycles. The van der Waals surface area contributed by atoms with Gasteiger partial charge in [0.2, 0.25) is 0 Å². The third-order valence-corrected chi connectivity index (χ3v) is 2.24. The zero-order valence-electron chi connectivity index (χ0n) is 9.14. The van der Waals surface area contributed by atoms with Gasteiger partial charge in [-0.05, 0) is 19.1 Å². The molecule has 0 aromatic heterocycles. The van der Waals surface area contributed by atoms with E-state index in [1.807, 2.05) is 0 Å². The van der Waals surface area contributed by atoms with Crippen LogP contribution in [-0.2, 0) is 0 Å². The molecular formula is C11H12F3NO2. The molecule has 0 spiro atoms. The van der Waals surface area contributed by atoms with Crippen molar-refractivity contribution in [3.63, 3.8) is 0 Å². The molecule has 0 saturated heterocycles. The Morgan fingerprint density at radius 2 is 2.06 bits per heavy atom. The van der Waals surface area contributed by atoms with Gasteiger partial charge in [-0.1, -0.05) is 6.07 Å². The van der Waals surface area contributed by atoms with Crippen LogP contribution < -0.4 is 5.32 Å². The van der Waals surface area contributed by atoms with Gasteiger partial charge in [0.05, 0.1) is 6.42 Å². The van der Waals surface area contributed by atoms with Crippen LogP contribution in [0, 0.1) is 6.92 Å². The molecule has 0 bridgehead atoms. The number of hydrogen-bond acceptors (Lipinski definition) is 2. The molecule has 0 radical (unpaired) electrons. The fourth-order valence-electron chi connectivity index (χ4n) is 1.28.